The molecule has 2 aromatic rings. The van der Waals surface area contributed by atoms with E-state index in [0.717, 1.165) is 11.1 Å². The second kappa shape index (κ2) is 6.25. The summed E-state index contributed by atoms with van der Waals surface area (Å²) in [6.45, 7) is 0.367. The Labute approximate surface area is 150 Å². The first-order valence-corrected chi connectivity index (χ1v) is 8.35. The topological polar surface area (TPSA) is 88.6 Å². The van der Waals surface area contributed by atoms with Gasteiger partial charge in [0.15, 0.2) is 0 Å². The molecule has 3 amide bonds. The molecule has 7 heteroatoms. The van der Waals surface area contributed by atoms with Gasteiger partial charge in [-0.2, -0.15) is 0 Å². The molecule has 7 nitrogen and oxygen atoms in total. The lowest BCUT2D eigenvalue weighted by Crippen LogP contribution is -2.52. The van der Waals surface area contributed by atoms with Crippen LogP contribution < -0.4 is 10.1 Å². The Balaban J connectivity index is 1.63. The quantitative estimate of drug-likeness (QED) is 0.847. The van der Waals surface area contributed by atoms with Gasteiger partial charge in [0.2, 0.25) is 11.8 Å². The van der Waals surface area contributed by atoms with Crippen LogP contribution in [0.15, 0.2) is 36.5 Å². The molecule has 1 aromatic carbocycles. The van der Waals surface area contributed by atoms with E-state index in [1.807, 2.05) is 12.1 Å². The van der Waals surface area contributed by atoms with Crippen molar-refractivity contribution < 1.29 is 19.1 Å². The minimum absolute atomic E-state index is 0.195. The molecule has 1 fully saturated rings. The van der Waals surface area contributed by atoms with Crippen LogP contribution in [-0.2, 0) is 16.1 Å². The van der Waals surface area contributed by atoms with Crippen LogP contribution in [-0.4, -0.2) is 40.8 Å². The normalized spacial score (nSPS) is 19.3. The van der Waals surface area contributed by atoms with Gasteiger partial charge in [-0.3, -0.25) is 24.7 Å². The second-order valence-corrected chi connectivity index (χ2v) is 6.35. The average Bonchev–Trinajstić information content (AvgIpc) is 2.98. The fraction of sp³-hybridized carbons (Fsp3) is 0.263. The Kier molecular flexibility index (Phi) is 3.91. The molecule has 1 atom stereocenters. The summed E-state index contributed by atoms with van der Waals surface area (Å²) in [5.41, 5.74) is 2.95. The summed E-state index contributed by atoms with van der Waals surface area (Å²) in [4.78, 5) is 42.1. The Morgan fingerprint density at radius 3 is 2.81 bits per heavy atom. The van der Waals surface area contributed by atoms with Crippen LogP contribution in [0.25, 0.3) is 11.3 Å². The first-order valence-electron chi connectivity index (χ1n) is 8.35. The number of carbonyl (C=O) groups is 3. The van der Waals surface area contributed by atoms with E-state index >= 15 is 0 Å². The lowest BCUT2D eigenvalue weighted by Gasteiger charge is -2.29. The number of benzene rings is 1. The fourth-order valence-corrected chi connectivity index (χ4v) is 3.41. The minimum Gasteiger partial charge on any atom is -0.497 e. The number of methoxy groups -OCH3 is 1. The summed E-state index contributed by atoms with van der Waals surface area (Å²) in [5.74, 6) is -0.204. The zero-order valence-corrected chi connectivity index (χ0v) is 14.2. The smallest absolute Gasteiger partial charge is 0.255 e. The van der Waals surface area contributed by atoms with Crippen molar-refractivity contribution in [2.24, 2.45) is 0 Å². The highest BCUT2D eigenvalue weighted by Gasteiger charge is 2.39. The molecule has 4 rings (SSSR count). The Morgan fingerprint density at radius 2 is 2.04 bits per heavy atom. The number of ether oxygens (including phenoxy) is 1. The number of hydrogen-bond acceptors (Lipinski definition) is 5. The first-order chi connectivity index (χ1) is 12.6. The van der Waals surface area contributed by atoms with Gasteiger partial charge in [0, 0.05) is 36.4 Å². The molecule has 26 heavy (non-hydrogen) atoms. The number of nitrogens with zero attached hydrogens (tertiary/aromatic N) is 2. The third-order valence-electron chi connectivity index (χ3n) is 4.79. The van der Waals surface area contributed by atoms with Crippen LogP contribution in [0.1, 0.15) is 28.8 Å². The van der Waals surface area contributed by atoms with Gasteiger partial charge in [-0.05, 0) is 24.1 Å². The van der Waals surface area contributed by atoms with Crippen molar-refractivity contribution in [3.63, 3.8) is 0 Å². The van der Waals surface area contributed by atoms with Crippen LogP contribution in [0, 0.1) is 0 Å². The van der Waals surface area contributed by atoms with E-state index in [1.54, 1.807) is 31.5 Å². The van der Waals surface area contributed by atoms with Crippen molar-refractivity contribution in [3.05, 3.63) is 47.7 Å². The third-order valence-corrected chi connectivity index (χ3v) is 4.79. The minimum atomic E-state index is -0.606. The summed E-state index contributed by atoms with van der Waals surface area (Å²) < 4.78 is 5.22. The van der Waals surface area contributed by atoms with Crippen LogP contribution in [0.2, 0.25) is 0 Å². The first kappa shape index (κ1) is 16.3. The summed E-state index contributed by atoms with van der Waals surface area (Å²) in [5, 5.41) is 2.31. The average molecular weight is 351 g/mol. The highest BCUT2D eigenvalue weighted by atomic mass is 16.5. The maximum Gasteiger partial charge on any atom is 0.255 e. The van der Waals surface area contributed by atoms with Crippen molar-refractivity contribution in [1.29, 1.82) is 0 Å². The zero-order valence-electron chi connectivity index (χ0n) is 14.2. The van der Waals surface area contributed by atoms with Crippen molar-refractivity contribution in [2.75, 3.05) is 7.11 Å². The van der Waals surface area contributed by atoms with Crippen LogP contribution >= 0.6 is 0 Å². The molecule has 1 unspecified atom stereocenters. The molecule has 0 bridgehead atoms. The van der Waals surface area contributed by atoms with Gasteiger partial charge >= 0.3 is 0 Å². The fourth-order valence-electron chi connectivity index (χ4n) is 3.41. The number of amides is 3. The van der Waals surface area contributed by atoms with Gasteiger partial charge in [0.25, 0.3) is 5.91 Å². The van der Waals surface area contributed by atoms with Crippen molar-refractivity contribution in [2.45, 2.75) is 25.4 Å². The van der Waals surface area contributed by atoms with E-state index in [4.69, 9.17) is 4.74 Å². The van der Waals surface area contributed by atoms with E-state index in [1.165, 1.54) is 4.90 Å². The highest BCUT2D eigenvalue weighted by Crippen LogP contribution is 2.31. The molecule has 1 N–H and O–H groups in total. The number of carbonyl (C=O) groups excluding carboxylic acids is 3. The molecular formula is C19H17N3O4. The van der Waals surface area contributed by atoms with E-state index in [-0.39, 0.29) is 18.2 Å². The standard InChI is InChI=1S/C19H17N3O4/c1-26-13-6-7-20-15(9-13)11-2-3-12-10-22(19(25)14(12)8-11)16-4-5-17(23)21-18(16)24/h2-3,6-9,16H,4-5,10H2,1H3,(H,21,23,24). The lowest BCUT2D eigenvalue weighted by atomic mass is 10.0. The van der Waals surface area contributed by atoms with Gasteiger partial charge in [-0.25, -0.2) is 0 Å². The molecule has 2 aliphatic rings. The monoisotopic (exact) mass is 351 g/mol. The molecule has 2 aliphatic heterocycles. The number of imide groups is 1. The van der Waals surface area contributed by atoms with Crippen LogP contribution in [0.4, 0.5) is 0 Å². The van der Waals surface area contributed by atoms with Gasteiger partial charge in [-0.1, -0.05) is 12.1 Å². The van der Waals surface area contributed by atoms with E-state index in [0.29, 0.717) is 30.0 Å². The summed E-state index contributed by atoms with van der Waals surface area (Å²) in [6.07, 6.45) is 2.25. The van der Waals surface area contributed by atoms with Gasteiger partial charge in [-0.15, -0.1) is 0 Å². The SMILES string of the molecule is COc1ccnc(-c2ccc3c(c2)C(=O)N(C2CCC(=O)NC2=O)C3)c1. The number of piperidine rings is 1. The number of hydrogen-bond donors (Lipinski definition) is 1. The molecule has 1 saturated heterocycles. The summed E-state index contributed by atoms with van der Waals surface area (Å²) >= 11 is 0. The maximum atomic E-state index is 12.8. The zero-order chi connectivity index (χ0) is 18.3. The van der Waals surface area contributed by atoms with E-state index in [9.17, 15) is 14.4 Å². The van der Waals surface area contributed by atoms with Crippen molar-refractivity contribution in [3.8, 4) is 17.0 Å². The molecule has 0 spiro atoms. The molecule has 0 saturated carbocycles. The molecule has 0 aliphatic carbocycles. The largest absolute Gasteiger partial charge is 0.497 e. The highest BCUT2D eigenvalue weighted by molar-refractivity contribution is 6.05. The number of aromatic nitrogens is 1. The second-order valence-electron chi connectivity index (χ2n) is 6.35. The molecule has 132 valence electrons. The van der Waals surface area contributed by atoms with Gasteiger partial charge in [0.1, 0.15) is 11.8 Å². The number of rotatable bonds is 3. The van der Waals surface area contributed by atoms with Crippen LogP contribution in [0.5, 0.6) is 5.75 Å². The molecule has 1 aromatic heterocycles. The summed E-state index contributed by atoms with van der Waals surface area (Å²) in [7, 11) is 1.59. The van der Waals surface area contributed by atoms with E-state index < -0.39 is 11.9 Å². The van der Waals surface area contributed by atoms with Gasteiger partial charge < -0.3 is 9.64 Å². The number of pyridine rings is 1. The maximum absolute atomic E-state index is 12.8. The van der Waals surface area contributed by atoms with Crippen LogP contribution in [0.3, 0.4) is 0 Å². The Bertz CT molecular complexity index is 925. The lowest BCUT2D eigenvalue weighted by molar-refractivity contribution is -0.136. The Hall–Kier alpha value is -3.22. The predicted octanol–water partition coefficient (Wildman–Crippen LogP) is 1.52. The number of nitrogens with one attached hydrogen (secondary N) is 1. The van der Waals surface area contributed by atoms with Crippen molar-refractivity contribution >= 4 is 17.7 Å². The van der Waals surface area contributed by atoms with E-state index in [2.05, 4.69) is 10.3 Å². The number of fused-ring (bicyclic) bond motifs is 1. The van der Waals surface area contributed by atoms with Crippen molar-refractivity contribution in [1.82, 2.24) is 15.2 Å². The third kappa shape index (κ3) is 2.71. The molecule has 0 radical (unpaired) electrons. The Morgan fingerprint density at radius 1 is 1.19 bits per heavy atom. The molecular weight excluding hydrogens is 334 g/mol. The van der Waals surface area contributed by atoms with Gasteiger partial charge in [0.05, 0.1) is 12.8 Å². The molecule has 3 heterocycles. The summed E-state index contributed by atoms with van der Waals surface area (Å²) in [6, 6.07) is 8.54. The predicted molar refractivity (Wildman–Crippen MR) is 92.3 cm³/mol.